The summed E-state index contributed by atoms with van der Waals surface area (Å²) in [6.45, 7) is 5.13. The molecule has 1 saturated heterocycles. The van der Waals surface area contributed by atoms with E-state index in [1.54, 1.807) is 12.1 Å². The summed E-state index contributed by atoms with van der Waals surface area (Å²) in [5.74, 6) is -0.821. The van der Waals surface area contributed by atoms with Crippen molar-refractivity contribution < 1.29 is 13.9 Å². The van der Waals surface area contributed by atoms with Gasteiger partial charge in [-0.05, 0) is 38.2 Å². The molecule has 12 heteroatoms. The third kappa shape index (κ3) is 4.16. The van der Waals surface area contributed by atoms with Crippen LogP contribution in [0.15, 0.2) is 35.3 Å². The van der Waals surface area contributed by atoms with Gasteiger partial charge < -0.3 is 19.1 Å². The lowest BCUT2D eigenvalue weighted by Crippen LogP contribution is -2.45. The number of pyridine rings is 1. The predicted octanol–water partition coefficient (Wildman–Crippen LogP) is 3.87. The number of amides is 1. The van der Waals surface area contributed by atoms with E-state index in [2.05, 4.69) is 20.7 Å². The van der Waals surface area contributed by atoms with Gasteiger partial charge in [0, 0.05) is 37.4 Å². The summed E-state index contributed by atoms with van der Waals surface area (Å²) < 4.78 is 24.2. The summed E-state index contributed by atoms with van der Waals surface area (Å²) in [6.07, 6.45) is 1.53. The molecule has 2 N–H and O–H groups in total. The Balaban J connectivity index is 1.36. The Morgan fingerprint density at radius 2 is 2.03 bits per heavy atom. The highest BCUT2D eigenvalue weighted by Crippen LogP contribution is 2.42. The number of carbonyl (C=O) groups is 1. The van der Waals surface area contributed by atoms with Crippen molar-refractivity contribution in [2.24, 2.45) is 0 Å². The molecule has 0 aliphatic carbocycles. The summed E-state index contributed by atoms with van der Waals surface area (Å²) >= 11 is 7.36. The molecule has 4 aromatic rings. The molecule has 192 valence electrons. The Bertz CT molecular complexity index is 1610. The monoisotopic (exact) mass is 542 g/mol. The maximum atomic E-state index is 15.5. The zero-order chi connectivity index (χ0) is 25.8. The van der Waals surface area contributed by atoms with E-state index in [4.69, 9.17) is 16.3 Å². The second-order valence-corrected chi connectivity index (χ2v) is 10.8. The zero-order valence-electron chi connectivity index (χ0n) is 20.2. The van der Waals surface area contributed by atoms with E-state index in [1.807, 2.05) is 29.5 Å². The molecule has 2 aromatic heterocycles. The average Bonchev–Trinajstić information content (AvgIpc) is 3.28. The molecule has 0 unspecified atom stereocenters. The Morgan fingerprint density at radius 1 is 1.24 bits per heavy atom. The lowest BCUT2D eigenvalue weighted by Gasteiger charge is -2.37. The molecule has 0 bridgehead atoms. The van der Waals surface area contributed by atoms with Crippen molar-refractivity contribution in [3.8, 4) is 5.75 Å². The molecule has 2 aliphatic rings. The van der Waals surface area contributed by atoms with Crippen LogP contribution in [-0.2, 0) is 0 Å². The highest BCUT2D eigenvalue weighted by Gasteiger charge is 2.31. The second-order valence-electron chi connectivity index (χ2n) is 9.37. The molecule has 0 saturated carbocycles. The number of likely N-dealkylation sites (N-methyl/N-ethyl adjacent to an activating group) is 1. The van der Waals surface area contributed by atoms with Crippen molar-refractivity contribution in [2.75, 3.05) is 50.2 Å². The maximum Gasteiger partial charge on any atom is 0.275 e. The first kappa shape index (κ1) is 24.0. The first-order valence-corrected chi connectivity index (χ1v) is 13.1. The van der Waals surface area contributed by atoms with Gasteiger partial charge in [-0.15, -0.1) is 0 Å². The average molecular weight is 543 g/mol. The number of hydrazine groups is 1. The number of aromatic nitrogens is 2. The van der Waals surface area contributed by atoms with Crippen LogP contribution in [0.2, 0.25) is 5.02 Å². The molecule has 6 rings (SSSR count). The Morgan fingerprint density at radius 3 is 2.81 bits per heavy atom. The zero-order valence-corrected chi connectivity index (χ0v) is 21.7. The number of nitrogens with one attached hydrogen (secondary N) is 2. The van der Waals surface area contributed by atoms with Gasteiger partial charge in [0.1, 0.15) is 17.9 Å². The number of benzene rings is 2. The fraction of sp³-hybridized carbons (Fsp3) is 0.320. The van der Waals surface area contributed by atoms with Crippen LogP contribution in [0.4, 0.5) is 15.2 Å². The van der Waals surface area contributed by atoms with E-state index in [-0.39, 0.29) is 17.0 Å². The molecule has 0 radical (unpaired) electrons. The number of anilines is 2. The first-order chi connectivity index (χ1) is 17.8. The summed E-state index contributed by atoms with van der Waals surface area (Å²) in [4.78, 5) is 35.1. The minimum Gasteiger partial charge on any atom is -0.487 e. The first-order valence-electron chi connectivity index (χ1n) is 11.9. The molecule has 1 fully saturated rings. The van der Waals surface area contributed by atoms with Crippen LogP contribution in [0, 0.1) is 5.82 Å². The number of piperazine rings is 1. The molecule has 1 atom stereocenters. The van der Waals surface area contributed by atoms with Crippen molar-refractivity contribution in [2.45, 2.75) is 13.0 Å². The van der Waals surface area contributed by atoms with Crippen LogP contribution in [0.1, 0.15) is 23.3 Å². The van der Waals surface area contributed by atoms with E-state index in [0.29, 0.717) is 52.3 Å². The smallest absolute Gasteiger partial charge is 0.275 e. The molecule has 2 aliphatic heterocycles. The third-order valence-electron chi connectivity index (χ3n) is 6.84. The van der Waals surface area contributed by atoms with Gasteiger partial charge in [-0.2, -0.15) is 0 Å². The lowest BCUT2D eigenvalue weighted by atomic mass is 10.0. The van der Waals surface area contributed by atoms with Gasteiger partial charge in [0.05, 0.1) is 27.2 Å². The summed E-state index contributed by atoms with van der Waals surface area (Å²) in [5, 5.41) is 1.12. The minimum atomic E-state index is -0.642. The molecule has 37 heavy (non-hydrogen) atoms. The molecule has 2 aromatic carbocycles. The number of carbonyl (C=O) groups excluding carboxylic acids is 1. The lowest BCUT2D eigenvalue weighted by molar-refractivity contribution is 0.0960. The van der Waals surface area contributed by atoms with Gasteiger partial charge in [0.25, 0.3) is 5.91 Å². The summed E-state index contributed by atoms with van der Waals surface area (Å²) in [6, 6.07) is 6.41. The number of fused-ring (bicyclic) bond motifs is 1. The number of nitrogens with zero attached hydrogens (tertiary/aromatic N) is 4. The highest BCUT2D eigenvalue weighted by atomic mass is 35.5. The van der Waals surface area contributed by atoms with Gasteiger partial charge in [0.2, 0.25) is 10.6 Å². The van der Waals surface area contributed by atoms with Crippen molar-refractivity contribution in [1.29, 1.82) is 0 Å². The van der Waals surface area contributed by atoms with Crippen LogP contribution in [0.5, 0.6) is 5.75 Å². The molecule has 9 nitrogen and oxygen atoms in total. The predicted molar refractivity (Wildman–Crippen MR) is 144 cm³/mol. The number of hydrogen-bond donors (Lipinski definition) is 2. The van der Waals surface area contributed by atoms with Gasteiger partial charge in [0.15, 0.2) is 11.6 Å². The summed E-state index contributed by atoms with van der Waals surface area (Å²) in [5.41, 5.74) is 6.23. The molecule has 1 amide bonds. The molecular formula is C25H24ClFN6O3S. The van der Waals surface area contributed by atoms with Gasteiger partial charge >= 0.3 is 0 Å². The number of halogens is 2. The van der Waals surface area contributed by atoms with E-state index in [1.165, 1.54) is 23.6 Å². The quantitative estimate of drug-likeness (QED) is 0.378. The van der Waals surface area contributed by atoms with Gasteiger partial charge in [-0.1, -0.05) is 22.9 Å². The van der Waals surface area contributed by atoms with Crippen LogP contribution in [-0.4, -0.2) is 60.2 Å². The minimum absolute atomic E-state index is 0.101. The van der Waals surface area contributed by atoms with Crippen molar-refractivity contribution in [3.63, 3.8) is 0 Å². The maximum absolute atomic E-state index is 15.5. The third-order valence-corrected chi connectivity index (χ3v) is 8.03. The van der Waals surface area contributed by atoms with Crippen LogP contribution >= 0.6 is 22.9 Å². The Hall–Kier alpha value is -3.41. The van der Waals surface area contributed by atoms with Crippen molar-refractivity contribution in [3.05, 3.63) is 57.1 Å². The normalized spacial score (nSPS) is 17.7. The second kappa shape index (κ2) is 9.16. The summed E-state index contributed by atoms with van der Waals surface area (Å²) in [7, 11) is 2.03. The SMILES string of the molecule is C[C@H]1COc2c(N3CCN(C)CC3)c(F)cc3c(=O)c(C(=O)NNc4nc5cc(Cl)ccc5s4)cn1c23. The number of hydrogen-bond acceptors (Lipinski definition) is 8. The van der Waals surface area contributed by atoms with E-state index < -0.39 is 17.2 Å². The molecule has 4 heterocycles. The highest BCUT2D eigenvalue weighted by molar-refractivity contribution is 7.22. The van der Waals surface area contributed by atoms with Crippen molar-refractivity contribution in [1.82, 2.24) is 19.9 Å². The van der Waals surface area contributed by atoms with E-state index >= 15 is 4.39 Å². The fourth-order valence-electron chi connectivity index (χ4n) is 4.83. The number of ether oxygens (including phenoxy) is 1. The van der Waals surface area contributed by atoms with E-state index in [9.17, 15) is 9.59 Å². The van der Waals surface area contributed by atoms with Crippen LogP contribution in [0.3, 0.4) is 0 Å². The standard InChI is InChI=1S/C25H24ClFN6O3S/c1-13-12-36-23-20-15(10-17(27)21(23)32-7-5-31(2)6-8-32)22(34)16(11-33(13)20)24(35)29-30-25-28-18-9-14(26)3-4-19(18)37-25/h3-4,9-11,13H,5-8,12H2,1-2H3,(H,28,30)(H,29,35)/t13-/m0/s1. The largest absolute Gasteiger partial charge is 0.487 e. The van der Waals surface area contributed by atoms with Crippen LogP contribution in [0.25, 0.3) is 21.1 Å². The number of thiazole rings is 1. The van der Waals surface area contributed by atoms with E-state index in [0.717, 1.165) is 17.8 Å². The van der Waals surface area contributed by atoms with Gasteiger partial charge in [-0.25, -0.2) is 9.37 Å². The fourth-order valence-corrected chi connectivity index (χ4v) is 5.80. The number of rotatable bonds is 4. The Kier molecular flexibility index (Phi) is 5.93. The topological polar surface area (TPSA) is 91.7 Å². The van der Waals surface area contributed by atoms with Crippen LogP contribution < -0.4 is 25.9 Å². The Labute approximate surface area is 220 Å². The van der Waals surface area contributed by atoms with Crippen molar-refractivity contribution >= 4 is 60.8 Å². The molecular weight excluding hydrogens is 519 g/mol. The van der Waals surface area contributed by atoms with Gasteiger partial charge in [-0.3, -0.25) is 20.4 Å². The molecule has 0 spiro atoms.